The Kier molecular flexibility index (Phi) is 6.99. The van der Waals surface area contributed by atoms with Crippen LogP contribution >= 0.6 is 12.2 Å². The number of nitrogens with one attached hydrogen (secondary N) is 2. The van der Waals surface area contributed by atoms with Crippen LogP contribution in [-0.2, 0) is 16.1 Å². The van der Waals surface area contributed by atoms with Crippen molar-refractivity contribution in [3.8, 4) is 17.1 Å². The largest absolute Gasteiger partial charge is 0.497 e. The lowest BCUT2D eigenvalue weighted by Crippen LogP contribution is -2.48. The third-order valence-corrected chi connectivity index (χ3v) is 5.23. The van der Waals surface area contributed by atoms with Crippen LogP contribution in [0, 0.1) is 4.77 Å². The molecule has 31 heavy (non-hydrogen) atoms. The molecule has 9 nitrogen and oxygen atoms in total. The molecule has 2 N–H and O–H groups in total. The molecule has 1 aliphatic heterocycles. The van der Waals surface area contributed by atoms with E-state index < -0.39 is 5.60 Å². The van der Waals surface area contributed by atoms with Gasteiger partial charge in [-0.1, -0.05) is 0 Å². The number of aromatic nitrogens is 3. The van der Waals surface area contributed by atoms with Gasteiger partial charge in [0.1, 0.15) is 17.9 Å². The summed E-state index contributed by atoms with van der Waals surface area (Å²) in [4.78, 5) is 26.5. The second-order valence-electron chi connectivity index (χ2n) is 8.48. The minimum Gasteiger partial charge on any atom is -0.497 e. The van der Waals surface area contributed by atoms with Crippen molar-refractivity contribution in [2.45, 2.75) is 51.8 Å². The van der Waals surface area contributed by atoms with Gasteiger partial charge in [-0.05, 0) is 70.1 Å². The Balaban J connectivity index is 1.57. The van der Waals surface area contributed by atoms with Gasteiger partial charge in [-0.2, -0.15) is 5.10 Å². The number of ether oxygens (including phenoxy) is 2. The van der Waals surface area contributed by atoms with Gasteiger partial charge in [-0.3, -0.25) is 14.5 Å². The molecule has 1 saturated heterocycles. The first-order valence-electron chi connectivity index (χ1n) is 10.2. The highest BCUT2D eigenvalue weighted by Crippen LogP contribution is 2.21. The van der Waals surface area contributed by atoms with Crippen molar-refractivity contribution in [2.75, 3.05) is 20.2 Å². The minimum atomic E-state index is -0.520. The summed E-state index contributed by atoms with van der Waals surface area (Å²) >= 11 is 5.31. The number of piperidine rings is 1. The lowest BCUT2D eigenvalue weighted by Gasteiger charge is -2.33. The average Bonchev–Trinajstić information content (AvgIpc) is 3.07. The molecule has 10 heteroatoms. The second kappa shape index (κ2) is 9.51. The number of methoxy groups -OCH3 is 1. The van der Waals surface area contributed by atoms with Crippen LogP contribution in [0.5, 0.6) is 5.75 Å². The van der Waals surface area contributed by atoms with Crippen LogP contribution in [0.3, 0.4) is 0 Å². The van der Waals surface area contributed by atoms with E-state index in [0.29, 0.717) is 36.5 Å². The highest BCUT2D eigenvalue weighted by atomic mass is 32.1. The van der Waals surface area contributed by atoms with E-state index in [1.54, 1.807) is 16.6 Å². The Morgan fingerprint density at radius 3 is 2.45 bits per heavy atom. The second-order valence-corrected chi connectivity index (χ2v) is 8.86. The van der Waals surface area contributed by atoms with Crippen LogP contribution in [0.4, 0.5) is 4.79 Å². The van der Waals surface area contributed by atoms with Crippen molar-refractivity contribution >= 4 is 24.2 Å². The predicted octanol–water partition coefficient (Wildman–Crippen LogP) is 3.13. The minimum absolute atomic E-state index is 0.00306. The van der Waals surface area contributed by atoms with Gasteiger partial charge in [0.05, 0.1) is 7.11 Å². The van der Waals surface area contributed by atoms with Crippen LogP contribution in [-0.4, -0.2) is 63.5 Å². The number of nitrogens with zero attached hydrogens (tertiary/aromatic N) is 3. The number of benzene rings is 1. The summed E-state index contributed by atoms with van der Waals surface area (Å²) in [6.45, 7) is 6.68. The summed E-state index contributed by atoms with van der Waals surface area (Å²) in [6.07, 6.45) is 1.03. The van der Waals surface area contributed by atoms with E-state index in [4.69, 9.17) is 21.7 Å². The van der Waals surface area contributed by atoms with Crippen LogP contribution < -0.4 is 10.1 Å². The maximum absolute atomic E-state index is 12.7. The molecule has 1 aliphatic rings. The quantitative estimate of drug-likeness (QED) is 0.683. The Bertz CT molecular complexity index is 969. The van der Waals surface area contributed by atoms with Crippen molar-refractivity contribution in [1.29, 1.82) is 0 Å². The Morgan fingerprint density at radius 2 is 1.87 bits per heavy atom. The summed E-state index contributed by atoms with van der Waals surface area (Å²) in [7, 11) is 1.60. The molecule has 0 radical (unpaired) electrons. The fourth-order valence-corrected chi connectivity index (χ4v) is 3.57. The molecule has 0 aliphatic carbocycles. The monoisotopic (exact) mass is 447 g/mol. The molecule has 1 aromatic heterocycles. The van der Waals surface area contributed by atoms with Gasteiger partial charge >= 0.3 is 6.09 Å². The molecule has 168 valence electrons. The maximum Gasteiger partial charge on any atom is 0.410 e. The first-order valence-corrected chi connectivity index (χ1v) is 10.6. The van der Waals surface area contributed by atoms with Crippen molar-refractivity contribution in [1.82, 2.24) is 25.0 Å². The molecule has 2 aromatic rings. The molecular formula is C21H29N5O4S. The first kappa shape index (κ1) is 22.8. The van der Waals surface area contributed by atoms with E-state index in [2.05, 4.69) is 15.5 Å². The fourth-order valence-electron chi connectivity index (χ4n) is 3.37. The van der Waals surface area contributed by atoms with Gasteiger partial charge in [-0.15, -0.1) is 0 Å². The van der Waals surface area contributed by atoms with E-state index in [9.17, 15) is 9.59 Å². The van der Waals surface area contributed by atoms with Gasteiger partial charge in [0.2, 0.25) is 5.91 Å². The molecule has 0 unspecified atom stereocenters. The predicted molar refractivity (Wildman–Crippen MR) is 118 cm³/mol. The molecule has 1 aromatic carbocycles. The number of likely N-dealkylation sites (tertiary alicyclic amines) is 1. The molecule has 1 fully saturated rings. The Hall–Kier alpha value is -2.88. The number of rotatable bonds is 5. The smallest absolute Gasteiger partial charge is 0.410 e. The molecule has 0 bridgehead atoms. The van der Waals surface area contributed by atoms with Crippen LogP contribution in [0.25, 0.3) is 11.4 Å². The summed E-state index contributed by atoms with van der Waals surface area (Å²) in [5.74, 6) is 1.17. The SMILES string of the molecule is COc1ccc(-c2n[nH]c(=S)n2CC(=O)NC2CCN(C(=O)OC(C)(C)C)CC2)cc1. The average molecular weight is 448 g/mol. The number of H-pyrrole nitrogens is 1. The Labute approximate surface area is 186 Å². The summed E-state index contributed by atoms with van der Waals surface area (Å²) < 4.78 is 12.6. The molecule has 3 rings (SSSR count). The maximum atomic E-state index is 12.7. The van der Waals surface area contributed by atoms with E-state index in [0.717, 1.165) is 11.3 Å². The Morgan fingerprint density at radius 1 is 1.23 bits per heavy atom. The number of aromatic amines is 1. The summed E-state index contributed by atoms with van der Waals surface area (Å²) in [5, 5.41) is 10.1. The molecule has 0 saturated carbocycles. The van der Waals surface area contributed by atoms with Gasteiger partial charge in [0.15, 0.2) is 10.6 Å². The zero-order valence-electron chi connectivity index (χ0n) is 18.3. The fraction of sp³-hybridized carbons (Fsp3) is 0.524. The van der Waals surface area contributed by atoms with Gasteiger partial charge in [0, 0.05) is 24.7 Å². The highest BCUT2D eigenvalue weighted by Gasteiger charge is 2.27. The third kappa shape index (κ3) is 6.06. The van der Waals surface area contributed by atoms with Gasteiger partial charge in [0.25, 0.3) is 0 Å². The lowest BCUT2D eigenvalue weighted by molar-refractivity contribution is -0.122. The van der Waals surface area contributed by atoms with E-state index >= 15 is 0 Å². The summed E-state index contributed by atoms with van der Waals surface area (Å²) in [6, 6.07) is 7.39. The lowest BCUT2D eigenvalue weighted by atomic mass is 10.1. The van der Waals surface area contributed by atoms with Crippen LogP contribution in [0.1, 0.15) is 33.6 Å². The normalized spacial score (nSPS) is 14.9. The van der Waals surface area contributed by atoms with E-state index in [1.807, 2.05) is 45.0 Å². The van der Waals surface area contributed by atoms with E-state index in [1.165, 1.54) is 0 Å². The molecule has 2 heterocycles. The molecular weight excluding hydrogens is 418 g/mol. The zero-order valence-corrected chi connectivity index (χ0v) is 19.1. The summed E-state index contributed by atoms with van der Waals surface area (Å²) in [5.41, 5.74) is 0.305. The zero-order chi connectivity index (χ0) is 22.6. The molecule has 0 atom stereocenters. The standard InChI is InChI=1S/C21H29N5O4S/c1-21(2,3)30-20(28)25-11-9-15(10-12-25)22-17(27)13-26-18(23-24-19(26)31)14-5-7-16(29-4)8-6-14/h5-8,15H,9-13H2,1-4H3,(H,22,27)(H,24,31). The van der Waals surface area contributed by atoms with Crippen LogP contribution in [0.2, 0.25) is 0 Å². The van der Waals surface area contributed by atoms with Crippen molar-refractivity contribution in [3.05, 3.63) is 29.0 Å². The number of carbonyl (C=O) groups excluding carboxylic acids is 2. The topological polar surface area (TPSA) is 101 Å². The molecule has 2 amide bonds. The van der Waals surface area contributed by atoms with Crippen molar-refractivity contribution in [2.24, 2.45) is 0 Å². The van der Waals surface area contributed by atoms with Crippen molar-refractivity contribution < 1.29 is 19.1 Å². The molecule has 0 spiro atoms. The van der Waals surface area contributed by atoms with Crippen molar-refractivity contribution in [3.63, 3.8) is 0 Å². The highest BCUT2D eigenvalue weighted by molar-refractivity contribution is 7.71. The van der Waals surface area contributed by atoms with Gasteiger partial charge < -0.3 is 19.7 Å². The van der Waals surface area contributed by atoms with Crippen LogP contribution in [0.15, 0.2) is 24.3 Å². The first-order chi connectivity index (χ1) is 14.7. The number of hydrogen-bond donors (Lipinski definition) is 2. The van der Waals surface area contributed by atoms with E-state index in [-0.39, 0.29) is 24.6 Å². The number of hydrogen-bond acceptors (Lipinski definition) is 6. The van der Waals surface area contributed by atoms with Gasteiger partial charge in [-0.25, -0.2) is 4.79 Å². The number of carbonyl (C=O) groups is 2. The third-order valence-electron chi connectivity index (χ3n) is 4.92. The number of amides is 2.